The van der Waals surface area contributed by atoms with Crippen LogP contribution in [0.15, 0.2) is 15.8 Å². The second-order valence-electron chi connectivity index (χ2n) is 4.98. The lowest BCUT2D eigenvalue weighted by atomic mass is 10.2. The summed E-state index contributed by atoms with van der Waals surface area (Å²) in [4.78, 5) is 24.3. The van der Waals surface area contributed by atoms with E-state index >= 15 is 0 Å². The highest BCUT2D eigenvalue weighted by Crippen LogP contribution is 2.27. The summed E-state index contributed by atoms with van der Waals surface area (Å²) in [6, 6.07) is 1.89. The van der Waals surface area contributed by atoms with Crippen molar-refractivity contribution < 1.29 is 14.9 Å². The smallest absolute Gasteiger partial charge is 0.333 e. The van der Waals surface area contributed by atoms with Gasteiger partial charge in [-0.3, -0.25) is 13.9 Å². The summed E-state index contributed by atoms with van der Waals surface area (Å²) in [5.74, 6) is 0. The summed E-state index contributed by atoms with van der Waals surface area (Å²) in [5, 5.41) is 27.4. The van der Waals surface area contributed by atoms with Gasteiger partial charge in [-0.25, -0.2) is 4.79 Å². The SMILES string of the molecule is Cc1cn(C2CC(O)C(CO)O2)c(=O)n(CCC#N)c1=O. The number of aromatic nitrogens is 2. The van der Waals surface area contributed by atoms with Gasteiger partial charge >= 0.3 is 5.69 Å². The van der Waals surface area contributed by atoms with Crippen LogP contribution in [0.5, 0.6) is 0 Å². The molecule has 0 bridgehead atoms. The fourth-order valence-corrected chi connectivity index (χ4v) is 2.37. The number of rotatable bonds is 4. The van der Waals surface area contributed by atoms with Crippen LogP contribution in [0.25, 0.3) is 0 Å². The van der Waals surface area contributed by atoms with Crippen molar-refractivity contribution in [2.75, 3.05) is 6.61 Å². The van der Waals surface area contributed by atoms with Crippen molar-refractivity contribution in [1.82, 2.24) is 9.13 Å². The van der Waals surface area contributed by atoms with E-state index in [-0.39, 0.29) is 26.0 Å². The lowest BCUT2D eigenvalue weighted by Crippen LogP contribution is -2.42. The number of aryl methyl sites for hydroxylation is 1. The maximum Gasteiger partial charge on any atom is 0.333 e. The van der Waals surface area contributed by atoms with Crippen molar-refractivity contribution in [3.8, 4) is 6.07 Å². The maximum absolute atomic E-state index is 12.3. The van der Waals surface area contributed by atoms with Gasteiger partial charge in [-0.2, -0.15) is 5.26 Å². The number of ether oxygens (including phenoxy) is 1. The van der Waals surface area contributed by atoms with E-state index in [0.29, 0.717) is 5.56 Å². The van der Waals surface area contributed by atoms with E-state index in [2.05, 4.69) is 0 Å². The van der Waals surface area contributed by atoms with Gasteiger partial charge in [-0.1, -0.05) is 0 Å². The molecule has 2 heterocycles. The second kappa shape index (κ2) is 6.22. The molecule has 0 aromatic carbocycles. The fraction of sp³-hybridized carbons (Fsp3) is 0.615. The first-order valence-electron chi connectivity index (χ1n) is 6.63. The van der Waals surface area contributed by atoms with Gasteiger partial charge in [-0.05, 0) is 6.92 Å². The first-order chi connectivity index (χ1) is 9.99. The summed E-state index contributed by atoms with van der Waals surface area (Å²) >= 11 is 0. The van der Waals surface area contributed by atoms with Gasteiger partial charge in [0.1, 0.15) is 12.3 Å². The molecular formula is C13H17N3O5. The minimum atomic E-state index is -0.869. The number of hydrogen-bond donors (Lipinski definition) is 2. The highest BCUT2D eigenvalue weighted by molar-refractivity contribution is 5.04. The Morgan fingerprint density at radius 2 is 2.24 bits per heavy atom. The zero-order chi connectivity index (χ0) is 15.6. The fourth-order valence-electron chi connectivity index (χ4n) is 2.37. The summed E-state index contributed by atoms with van der Waals surface area (Å²) in [6.07, 6.45) is -0.775. The summed E-state index contributed by atoms with van der Waals surface area (Å²) in [6.45, 7) is 1.23. The number of nitrogens with zero attached hydrogens (tertiary/aromatic N) is 3. The van der Waals surface area contributed by atoms with Crippen LogP contribution in [0, 0.1) is 18.3 Å². The second-order valence-corrected chi connectivity index (χ2v) is 4.98. The third-order valence-electron chi connectivity index (χ3n) is 3.51. The molecule has 8 nitrogen and oxygen atoms in total. The first kappa shape index (κ1) is 15.4. The molecule has 1 aliphatic heterocycles. The predicted molar refractivity (Wildman–Crippen MR) is 71.5 cm³/mol. The summed E-state index contributed by atoms with van der Waals surface area (Å²) < 4.78 is 7.64. The highest BCUT2D eigenvalue weighted by Gasteiger charge is 2.35. The van der Waals surface area contributed by atoms with Gasteiger partial charge in [0.05, 0.1) is 25.2 Å². The normalized spacial score (nSPS) is 25.0. The molecule has 0 saturated carbocycles. The molecule has 1 aromatic rings. The molecule has 3 unspecified atom stereocenters. The predicted octanol–water partition coefficient (Wildman–Crippen LogP) is -1.13. The standard InChI is InChI=1S/C13H17N3O5/c1-8-6-16(11-5-9(18)10(7-17)21-11)13(20)15(12(8)19)4-2-3-14/h6,9-11,17-18H,2,4-5,7H2,1H3. The summed E-state index contributed by atoms with van der Waals surface area (Å²) in [5.41, 5.74) is -0.682. The molecule has 1 aliphatic rings. The molecular weight excluding hydrogens is 278 g/mol. The minimum absolute atomic E-state index is 0.00848. The lowest BCUT2D eigenvalue weighted by molar-refractivity contribution is -0.0463. The average Bonchev–Trinajstić information content (AvgIpc) is 2.84. The van der Waals surface area contributed by atoms with E-state index in [4.69, 9.17) is 15.1 Å². The van der Waals surface area contributed by atoms with Crippen LogP contribution in [-0.4, -0.2) is 38.2 Å². The Kier molecular flexibility index (Phi) is 4.57. The zero-order valence-electron chi connectivity index (χ0n) is 11.6. The van der Waals surface area contributed by atoms with Crippen LogP contribution in [-0.2, 0) is 11.3 Å². The van der Waals surface area contributed by atoms with Crippen LogP contribution in [0.1, 0.15) is 24.6 Å². The zero-order valence-corrected chi connectivity index (χ0v) is 11.6. The maximum atomic E-state index is 12.3. The van der Waals surface area contributed by atoms with E-state index in [1.807, 2.05) is 6.07 Å². The third-order valence-corrected chi connectivity index (χ3v) is 3.51. The number of aliphatic hydroxyl groups is 2. The van der Waals surface area contributed by atoms with Crippen molar-refractivity contribution in [3.05, 3.63) is 32.6 Å². The molecule has 0 radical (unpaired) electrons. The van der Waals surface area contributed by atoms with Gasteiger partial charge in [0.25, 0.3) is 5.56 Å². The van der Waals surface area contributed by atoms with Gasteiger partial charge in [0.15, 0.2) is 0 Å². The van der Waals surface area contributed by atoms with E-state index in [0.717, 1.165) is 4.57 Å². The molecule has 21 heavy (non-hydrogen) atoms. The Hall–Kier alpha value is -1.95. The van der Waals surface area contributed by atoms with Crippen LogP contribution in [0.3, 0.4) is 0 Å². The molecule has 3 atom stereocenters. The molecule has 8 heteroatoms. The molecule has 1 aromatic heterocycles. The number of aliphatic hydroxyl groups excluding tert-OH is 2. The number of hydrogen-bond acceptors (Lipinski definition) is 6. The molecule has 114 valence electrons. The van der Waals surface area contributed by atoms with Gasteiger partial charge < -0.3 is 14.9 Å². The van der Waals surface area contributed by atoms with Gasteiger partial charge in [0, 0.05) is 24.7 Å². The Morgan fingerprint density at radius 1 is 1.52 bits per heavy atom. The Morgan fingerprint density at radius 3 is 2.81 bits per heavy atom. The molecule has 0 amide bonds. The summed E-state index contributed by atoms with van der Waals surface area (Å²) in [7, 11) is 0. The highest BCUT2D eigenvalue weighted by atomic mass is 16.5. The van der Waals surface area contributed by atoms with Crippen LogP contribution in [0.2, 0.25) is 0 Å². The first-order valence-corrected chi connectivity index (χ1v) is 6.63. The van der Waals surface area contributed by atoms with Crippen LogP contribution in [0.4, 0.5) is 0 Å². The molecule has 0 spiro atoms. The average molecular weight is 295 g/mol. The van der Waals surface area contributed by atoms with E-state index in [1.54, 1.807) is 6.92 Å². The Labute approximate surface area is 120 Å². The van der Waals surface area contributed by atoms with Crippen LogP contribution < -0.4 is 11.2 Å². The van der Waals surface area contributed by atoms with Crippen molar-refractivity contribution in [3.63, 3.8) is 0 Å². The van der Waals surface area contributed by atoms with Gasteiger partial charge in [-0.15, -0.1) is 0 Å². The van der Waals surface area contributed by atoms with Crippen molar-refractivity contribution >= 4 is 0 Å². The Bertz CT molecular complexity index is 672. The molecule has 2 N–H and O–H groups in total. The van der Waals surface area contributed by atoms with Crippen molar-refractivity contribution in [2.45, 2.75) is 44.7 Å². The van der Waals surface area contributed by atoms with Crippen molar-refractivity contribution in [1.29, 1.82) is 5.26 Å². The largest absolute Gasteiger partial charge is 0.394 e. The van der Waals surface area contributed by atoms with Crippen LogP contribution >= 0.6 is 0 Å². The van der Waals surface area contributed by atoms with E-state index < -0.39 is 29.7 Å². The quantitative estimate of drug-likeness (QED) is 0.726. The van der Waals surface area contributed by atoms with Gasteiger partial charge in [0.2, 0.25) is 0 Å². The van der Waals surface area contributed by atoms with Crippen molar-refractivity contribution in [2.24, 2.45) is 0 Å². The number of nitriles is 1. The molecule has 0 aliphatic carbocycles. The monoisotopic (exact) mass is 295 g/mol. The minimum Gasteiger partial charge on any atom is -0.394 e. The topological polar surface area (TPSA) is 117 Å². The lowest BCUT2D eigenvalue weighted by Gasteiger charge is -2.17. The van der Waals surface area contributed by atoms with E-state index in [9.17, 15) is 14.7 Å². The molecule has 1 fully saturated rings. The molecule has 1 saturated heterocycles. The Balaban J connectivity index is 2.42. The third kappa shape index (κ3) is 2.90. The van der Waals surface area contributed by atoms with E-state index in [1.165, 1.54) is 10.8 Å². The molecule has 2 rings (SSSR count).